The fraction of sp³-hybridized carbons (Fsp3) is 0.462. The molecular formula is C13H17N3O6S. The molecule has 0 unspecified atom stereocenters. The molecule has 2 rings (SSSR count). The summed E-state index contributed by atoms with van der Waals surface area (Å²) in [5.74, 6) is -0.182. The fourth-order valence-corrected chi connectivity index (χ4v) is 3.38. The molecule has 1 aliphatic rings. The second-order valence-corrected chi connectivity index (χ2v) is 6.60. The summed E-state index contributed by atoms with van der Waals surface area (Å²) in [6.45, 7) is 1.78. The second kappa shape index (κ2) is 7.49. The van der Waals surface area contributed by atoms with Crippen molar-refractivity contribution in [2.75, 3.05) is 32.8 Å². The fourth-order valence-electron chi connectivity index (χ4n) is 2.18. The molecule has 0 saturated carbocycles. The molecule has 0 aliphatic carbocycles. The third-order valence-electron chi connectivity index (χ3n) is 3.35. The summed E-state index contributed by atoms with van der Waals surface area (Å²) in [6.07, 6.45) is -0.0140. The van der Waals surface area contributed by atoms with E-state index in [0.29, 0.717) is 26.3 Å². The third kappa shape index (κ3) is 4.47. The standard InChI is InChI=1S/C13H17N3O6S/c17-13(15-7-9-22-10-8-15)5-6-14-23(20,21)12-4-2-1-3-11(12)16(18)19/h1-4,14H,5-10H2. The molecule has 0 atom stereocenters. The number of hydrogen-bond acceptors (Lipinski definition) is 6. The Bertz CT molecular complexity index is 685. The van der Waals surface area contributed by atoms with Crippen molar-refractivity contribution in [1.82, 2.24) is 9.62 Å². The number of hydrogen-bond donors (Lipinski definition) is 1. The molecule has 1 aliphatic heterocycles. The van der Waals surface area contributed by atoms with E-state index in [9.17, 15) is 23.3 Å². The van der Waals surface area contributed by atoms with Gasteiger partial charge in [0.15, 0.2) is 4.90 Å². The SMILES string of the molecule is O=C(CCNS(=O)(=O)c1ccccc1[N+](=O)[O-])N1CCOCC1. The Morgan fingerprint density at radius 2 is 1.96 bits per heavy atom. The van der Waals surface area contributed by atoms with Gasteiger partial charge in [-0.05, 0) is 6.07 Å². The van der Waals surface area contributed by atoms with Crippen molar-refractivity contribution >= 4 is 21.6 Å². The van der Waals surface area contributed by atoms with E-state index in [4.69, 9.17) is 4.74 Å². The molecule has 1 heterocycles. The molecule has 9 nitrogen and oxygen atoms in total. The van der Waals surface area contributed by atoms with Crippen LogP contribution in [0.3, 0.4) is 0 Å². The molecule has 1 aromatic rings. The van der Waals surface area contributed by atoms with E-state index < -0.39 is 25.5 Å². The van der Waals surface area contributed by atoms with Crippen LogP contribution < -0.4 is 4.72 Å². The van der Waals surface area contributed by atoms with Crippen molar-refractivity contribution in [2.24, 2.45) is 0 Å². The highest BCUT2D eigenvalue weighted by molar-refractivity contribution is 7.89. The molecule has 126 valence electrons. The molecule has 0 aromatic heterocycles. The zero-order chi connectivity index (χ0) is 16.9. The van der Waals surface area contributed by atoms with Crippen molar-refractivity contribution in [3.8, 4) is 0 Å². The number of amides is 1. The van der Waals surface area contributed by atoms with Gasteiger partial charge in [0.1, 0.15) is 0 Å². The molecule has 1 amide bonds. The normalized spacial score (nSPS) is 15.4. The predicted molar refractivity (Wildman–Crippen MR) is 80.3 cm³/mol. The molecule has 1 aromatic carbocycles. The molecule has 0 spiro atoms. The van der Waals surface area contributed by atoms with Crippen molar-refractivity contribution in [3.63, 3.8) is 0 Å². The van der Waals surface area contributed by atoms with Gasteiger partial charge in [-0.25, -0.2) is 13.1 Å². The number of carbonyl (C=O) groups is 1. The summed E-state index contributed by atoms with van der Waals surface area (Å²) >= 11 is 0. The van der Waals surface area contributed by atoms with Crippen LogP contribution in [-0.2, 0) is 19.6 Å². The number of sulfonamides is 1. The van der Waals surface area contributed by atoms with Gasteiger partial charge in [-0.3, -0.25) is 14.9 Å². The number of nitrogens with zero attached hydrogens (tertiary/aromatic N) is 2. The van der Waals surface area contributed by atoms with Crippen LogP contribution >= 0.6 is 0 Å². The molecule has 1 N–H and O–H groups in total. The van der Waals surface area contributed by atoms with Crippen molar-refractivity contribution in [3.05, 3.63) is 34.4 Å². The molecule has 0 radical (unpaired) electrons. The minimum absolute atomic E-state index is 0.0140. The Hall–Kier alpha value is -2.04. The summed E-state index contributed by atoms with van der Waals surface area (Å²) in [5, 5.41) is 10.9. The number of morpholine rings is 1. The average molecular weight is 343 g/mol. The van der Waals surface area contributed by atoms with Gasteiger partial charge >= 0.3 is 0 Å². The topological polar surface area (TPSA) is 119 Å². The number of ether oxygens (including phenoxy) is 1. The largest absolute Gasteiger partial charge is 0.378 e. The lowest BCUT2D eigenvalue weighted by Gasteiger charge is -2.26. The number of nitrogens with one attached hydrogen (secondary N) is 1. The molecule has 1 saturated heterocycles. The highest BCUT2D eigenvalue weighted by atomic mass is 32.2. The maximum atomic E-state index is 12.2. The highest BCUT2D eigenvalue weighted by Crippen LogP contribution is 2.22. The highest BCUT2D eigenvalue weighted by Gasteiger charge is 2.25. The van der Waals surface area contributed by atoms with Crippen LogP contribution in [0.4, 0.5) is 5.69 Å². The summed E-state index contributed by atoms with van der Waals surface area (Å²) in [5.41, 5.74) is -0.500. The zero-order valence-corrected chi connectivity index (χ0v) is 13.1. The number of carbonyl (C=O) groups excluding carboxylic acids is 1. The van der Waals surface area contributed by atoms with Crippen LogP contribution in [0.1, 0.15) is 6.42 Å². The van der Waals surface area contributed by atoms with Gasteiger partial charge in [0.25, 0.3) is 5.69 Å². The molecule has 1 fully saturated rings. The third-order valence-corrected chi connectivity index (χ3v) is 4.85. The zero-order valence-electron chi connectivity index (χ0n) is 12.3. The lowest BCUT2D eigenvalue weighted by Crippen LogP contribution is -2.42. The average Bonchev–Trinajstić information content (AvgIpc) is 2.55. The van der Waals surface area contributed by atoms with Crippen LogP contribution in [-0.4, -0.2) is 57.0 Å². The maximum absolute atomic E-state index is 12.2. The van der Waals surface area contributed by atoms with Crippen LogP contribution in [0.5, 0.6) is 0 Å². The van der Waals surface area contributed by atoms with Gasteiger partial charge in [-0.2, -0.15) is 0 Å². The van der Waals surface area contributed by atoms with E-state index in [1.54, 1.807) is 4.90 Å². The Morgan fingerprint density at radius 1 is 1.30 bits per heavy atom. The number of para-hydroxylation sites is 1. The van der Waals surface area contributed by atoms with Crippen LogP contribution in [0, 0.1) is 10.1 Å². The van der Waals surface area contributed by atoms with Crippen LogP contribution in [0.25, 0.3) is 0 Å². The monoisotopic (exact) mass is 343 g/mol. The van der Waals surface area contributed by atoms with Crippen molar-refractivity contribution < 1.29 is 22.9 Å². The first-order valence-electron chi connectivity index (χ1n) is 7.00. The van der Waals surface area contributed by atoms with E-state index in [0.717, 1.165) is 12.1 Å². The van der Waals surface area contributed by atoms with E-state index in [1.165, 1.54) is 12.1 Å². The van der Waals surface area contributed by atoms with E-state index in [-0.39, 0.29) is 18.9 Å². The summed E-state index contributed by atoms with van der Waals surface area (Å²) < 4.78 is 31.7. The molecule has 23 heavy (non-hydrogen) atoms. The smallest absolute Gasteiger partial charge is 0.289 e. The lowest BCUT2D eigenvalue weighted by atomic mass is 10.3. The Labute approximate surface area is 133 Å². The van der Waals surface area contributed by atoms with E-state index in [1.807, 2.05) is 0 Å². The number of nitro benzene ring substituents is 1. The van der Waals surface area contributed by atoms with Crippen LogP contribution in [0.2, 0.25) is 0 Å². The van der Waals surface area contributed by atoms with Gasteiger partial charge in [-0.1, -0.05) is 12.1 Å². The summed E-state index contributed by atoms with van der Waals surface area (Å²) in [6, 6.07) is 5.07. The maximum Gasteiger partial charge on any atom is 0.289 e. The predicted octanol–water partition coefficient (Wildman–Crippen LogP) is 0.122. The quantitative estimate of drug-likeness (QED) is 0.579. The van der Waals surface area contributed by atoms with Crippen molar-refractivity contribution in [2.45, 2.75) is 11.3 Å². The summed E-state index contributed by atoms with van der Waals surface area (Å²) in [4.78, 5) is 23.3. The van der Waals surface area contributed by atoms with Gasteiger partial charge in [0, 0.05) is 32.1 Å². The first kappa shape index (κ1) is 17.3. The Kier molecular flexibility index (Phi) is 5.64. The van der Waals surface area contributed by atoms with Crippen LogP contribution in [0.15, 0.2) is 29.2 Å². The summed E-state index contributed by atoms with van der Waals surface area (Å²) in [7, 11) is -4.05. The number of benzene rings is 1. The van der Waals surface area contributed by atoms with Gasteiger partial charge in [0.05, 0.1) is 18.1 Å². The number of nitro groups is 1. The molecule has 10 heteroatoms. The van der Waals surface area contributed by atoms with E-state index in [2.05, 4.69) is 4.72 Å². The minimum atomic E-state index is -4.05. The van der Waals surface area contributed by atoms with Crippen molar-refractivity contribution in [1.29, 1.82) is 0 Å². The van der Waals surface area contributed by atoms with Gasteiger partial charge in [0.2, 0.25) is 15.9 Å². The van der Waals surface area contributed by atoms with Gasteiger partial charge < -0.3 is 9.64 Å². The Morgan fingerprint density at radius 3 is 2.61 bits per heavy atom. The molecular weight excluding hydrogens is 326 g/mol. The van der Waals surface area contributed by atoms with E-state index >= 15 is 0 Å². The molecule has 0 bridgehead atoms. The minimum Gasteiger partial charge on any atom is -0.378 e. The second-order valence-electron chi connectivity index (χ2n) is 4.87. The lowest BCUT2D eigenvalue weighted by molar-refractivity contribution is -0.387. The first-order valence-corrected chi connectivity index (χ1v) is 8.49. The Balaban J connectivity index is 1.97. The first-order chi connectivity index (χ1) is 10.9. The number of rotatable bonds is 6. The van der Waals surface area contributed by atoms with Gasteiger partial charge in [-0.15, -0.1) is 0 Å².